The number of fused-ring (bicyclic) bond motifs is 1. The van der Waals surface area contributed by atoms with E-state index in [0.29, 0.717) is 6.61 Å². The highest BCUT2D eigenvalue weighted by molar-refractivity contribution is 5.43. The van der Waals surface area contributed by atoms with Gasteiger partial charge in [0.1, 0.15) is 5.75 Å². The average molecular weight is 267 g/mol. The fourth-order valence-electron chi connectivity index (χ4n) is 3.00. The molecule has 0 saturated carbocycles. The number of para-hydroxylation sites is 1. The molecule has 1 atom stereocenters. The molecule has 0 fully saturated rings. The lowest BCUT2D eigenvalue weighted by Gasteiger charge is -2.36. The minimum Gasteiger partial charge on any atom is -0.493 e. The summed E-state index contributed by atoms with van der Waals surface area (Å²) in [6.45, 7) is 4.98. The molecule has 2 aromatic rings. The van der Waals surface area contributed by atoms with Gasteiger partial charge in [-0.1, -0.05) is 42.0 Å². The molecule has 2 nitrogen and oxygen atoms in total. The van der Waals surface area contributed by atoms with Gasteiger partial charge in [-0.15, -0.1) is 0 Å². The van der Waals surface area contributed by atoms with Crippen LogP contribution in [0.3, 0.4) is 0 Å². The fourth-order valence-corrected chi connectivity index (χ4v) is 3.00. The van der Waals surface area contributed by atoms with E-state index >= 15 is 0 Å². The van der Waals surface area contributed by atoms with Crippen LogP contribution < -0.4 is 10.5 Å². The van der Waals surface area contributed by atoms with Crippen molar-refractivity contribution in [1.29, 1.82) is 0 Å². The van der Waals surface area contributed by atoms with Crippen molar-refractivity contribution in [3.63, 3.8) is 0 Å². The Labute approximate surface area is 120 Å². The number of benzene rings is 2. The van der Waals surface area contributed by atoms with Crippen LogP contribution in [0.25, 0.3) is 0 Å². The molecule has 0 amide bonds. The third-order valence-corrected chi connectivity index (χ3v) is 4.24. The van der Waals surface area contributed by atoms with E-state index in [0.717, 1.165) is 24.2 Å². The lowest BCUT2D eigenvalue weighted by atomic mass is 9.79. The molecule has 1 aliphatic heterocycles. The minimum atomic E-state index is -0.326. The summed E-state index contributed by atoms with van der Waals surface area (Å²) in [5, 5.41) is 0. The van der Waals surface area contributed by atoms with E-state index < -0.39 is 0 Å². The Balaban J connectivity index is 2.00. The van der Waals surface area contributed by atoms with Crippen molar-refractivity contribution in [2.45, 2.75) is 32.2 Å². The molecule has 1 unspecified atom stereocenters. The van der Waals surface area contributed by atoms with E-state index in [1.165, 1.54) is 16.7 Å². The van der Waals surface area contributed by atoms with Gasteiger partial charge >= 0.3 is 0 Å². The van der Waals surface area contributed by atoms with E-state index in [-0.39, 0.29) is 5.54 Å². The molecule has 3 rings (SSSR count). The highest BCUT2D eigenvalue weighted by Crippen LogP contribution is 2.37. The van der Waals surface area contributed by atoms with Crippen LogP contribution in [0.1, 0.15) is 28.7 Å². The molecule has 0 radical (unpaired) electrons. The van der Waals surface area contributed by atoms with Crippen molar-refractivity contribution < 1.29 is 4.74 Å². The normalized spacial score (nSPS) is 21.1. The van der Waals surface area contributed by atoms with Gasteiger partial charge in [0.2, 0.25) is 0 Å². The van der Waals surface area contributed by atoms with Crippen molar-refractivity contribution >= 4 is 0 Å². The van der Waals surface area contributed by atoms with E-state index in [1.807, 2.05) is 18.2 Å². The third-order valence-electron chi connectivity index (χ3n) is 4.24. The average Bonchev–Trinajstić information content (AvgIpc) is 2.43. The monoisotopic (exact) mass is 267 g/mol. The number of hydrogen-bond donors (Lipinski definition) is 1. The summed E-state index contributed by atoms with van der Waals surface area (Å²) in [5.41, 5.74) is 11.5. The van der Waals surface area contributed by atoms with Crippen LogP contribution in [-0.4, -0.2) is 6.61 Å². The van der Waals surface area contributed by atoms with Gasteiger partial charge in [-0.05, 0) is 37.5 Å². The predicted octanol–water partition coefficient (Wildman–Crippen LogP) is 3.48. The summed E-state index contributed by atoms with van der Waals surface area (Å²) >= 11 is 0. The van der Waals surface area contributed by atoms with Crippen molar-refractivity contribution in [3.05, 3.63) is 64.7 Å². The van der Waals surface area contributed by atoms with Gasteiger partial charge in [0.25, 0.3) is 0 Å². The van der Waals surface area contributed by atoms with Gasteiger partial charge in [0, 0.05) is 12.0 Å². The Kier molecular flexibility index (Phi) is 3.27. The third kappa shape index (κ3) is 2.32. The smallest absolute Gasteiger partial charge is 0.124 e. The minimum absolute atomic E-state index is 0.326. The summed E-state index contributed by atoms with van der Waals surface area (Å²) in [4.78, 5) is 0. The van der Waals surface area contributed by atoms with Crippen LogP contribution in [0, 0.1) is 13.8 Å². The van der Waals surface area contributed by atoms with Crippen molar-refractivity contribution in [3.8, 4) is 5.75 Å². The molecule has 2 N–H and O–H groups in total. The number of rotatable bonds is 2. The maximum atomic E-state index is 6.74. The largest absolute Gasteiger partial charge is 0.493 e. The van der Waals surface area contributed by atoms with Crippen LogP contribution in [0.2, 0.25) is 0 Å². The van der Waals surface area contributed by atoms with Crippen LogP contribution in [-0.2, 0) is 12.0 Å². The van der Waals surface area contributed by atoms with E-state index in [4.69, 9.17) is 10.5 Å². The summed E-state index contributed by atoms with van der Waals surface area (Å²) in [6.07, 6.45) is 1.72. The van der Waals surface area contributed by atoms with E-state index in [2.05, 4.69) is 38.1 Å². The zero-order chi connectivity index (χ0) is 14.2. The topological polar surface area (TPSA) is 35.2 Å². The number of nitrogens with two attached hydrogens (primary N) is 1. The summed E-state index contributed by atoms with van der Waals surface area (Å²) in [5.74, 6) is 0.937. The SMILES string of the molecule is Cc1ccc(C)c(CC2(N)CCOc3ccccc32)c1. The first-order valence-electron chi connectivity index (χ1n) is 7.16. The van der Waals surface area contributed by atoms with Gasteiger partial charge < -0.3 is 10.5 Å². The molecule has 0 aromatic heterocycles. The maximum absolute atomic E-state index is 6.74. The zero-order valence-corrected chi connectivity index (χ0v) is 12.1. The summed E-state index contributed by atoms with van der Waals surface area (Å²) in [6, 6.07) is 14.7. The van der Waals surface area contributed by atoms with Gasteiger partial charge in [-0.2, -0.15) is 0 Å². The Morgan fingerprint density at radius 3 is 2.80 bits per heavy atom. The molecule has 2 aromatic carbocycles. The van der Waals surface area contributed by atoms with E-state index in [9.17, 15) is 0 Å². The first-order chi connectivity index (χ1) is 9.58. The second-order valence-electron chi connectivity index (χ2n) is 5.86. The van der Waals surface area contributed by atoms with Gasteiger partial charge in [0.15, 0.2) is 0 Å². The first-order valence-corrected chi connectivity index (χ1v) is 7.16. The first kappa shape index (κ1) is 13.2. The van der Waals surface area contributed by atoms with Gasteiger partial charge in [-0.3, -0.25) is 0 Å². The van der Waals surface area contributed by atoms with Crippen molar-refractivity contribution in [1.82, 2.24) is 0 Å². The number of hydrogen-bond acceptors (Lipinski definition) is 2. The molecular weight excluding hydrogens is 246 g/mol. The summed E-state index contributed by atoms with van der Waals surface area (Å²) < 4.78 is 5.73. The van der Waals surface area contributed by atoms with Crippen LogP contribution in [0.4, 0.5) is 0 Å². The highest BCUT2D eigenvalue weighted by atomic mass is 16.5. The molecule has 20 heavy (non-hydrogen) atoms. The van der Waals surface area contributed by atoms with Crippen LogP contribution >= 0.6 is 0 Å². The second-order valence-corrected chi connectivity index (χ2v) is 5.86. The standard InChI is InChI=1S/C18H21NO/c1-13-7-8-14(2)15(11-13)12-18(19)9-10-20-17-6-4-3-5-16(17)18/h3-8,11H,9-10,12,19H2,1-2H3. The predicted molar refractivity (Wildman–Crippen MR) is 82.0 cm³/mol. The Morgan fingerprint density at radius 2 is 1.95 bits per heavy atom. The number of ether oxygens (including phenoxy) is 1. The van der Waals surface area contributed by atoms with Crippen LogP contribution in [0.5, 0.6) is 5.75 Å². The molecule has 0 spiro atoms. The second kappa shape index (κ2) is 4.95. The Bertz CT molecular complexity index is 635. The summed E-state index contributed by atoms with van der Waals surface area (Å²) in [7, 11) is 0. The molecule has 1 aliphatic rings. The van der Waals surface area contributed by atoms with Gasteiger partial charge in [0.05, 0.1) is 12.1 Å². The van der Waals surface area contributed by atoms with Crippen molar-refractivity contribution in [2.75, 3.05) is 6.61 Å². The fraction of sp³-hybridized carbons (Fsp3) is 0.333. The molecule has 2 heteroatoms. The quantitative estimate of drug-likeness (QED) is 0.904. The zero-order valence-electron chi connectivity index (χ0n) is 12.1. The molecule has 1 heterocycles. The molecule has 0 aliphatic carbocycles. The molecular formula is C18H21NO. The molecule has 0 saturated heterocycles. The Hall–Kier alpha value is -1.80. The van der Waals surface area contributed by atoms with Crippen molar-refractivity contribution in [2.24, 2.45) is 5.73 Å². The lowest BCUT2D eigenvalue weighted by molar-refractivity contribution is 0.215. The van der Waals surface area contributed by atoms with Crippen LogP contribution in [0.15, 0.2) is 42.5 Å². The molecule has 0 bridgehead atoms. The highest BCUT2D eigenvalue weighted by Gasteiger charge is 2.34. The Morgan fingerprint density at radius 1 is 1.15 bits per heavy atom. The van der Waals surface area contributed by atoms with Gasteiger partial charge in [-0.25, -0.2) is 0 Å². The lowest BCUT2D eigenvalue weighted by Crippen LogP contribution is -2.43. The maximum Gasteiger partial charge on any atom is 0.124 e. The number of aryl methyl sites for hydroxylation is 2. The van der Waals surface area contributed by atoms with E-state index in [1.54, 1.807) is 0 Å². The molecule has 104 valence electrons.